The second-order valence-electron chi connectivity index (χ2n) is 8.33. The highest BCUT2D eigenvalue weighted by Crippen LogP contribution is 2.40. The Bertz CT molecular complexity index is 1430. The van der Waals surface area contributed by atoms with Gasteiger partial charge in [0.05, 0.1) is 23.6 Å². The van der Waals surface area contributed by atoms with Gasteiger partial charge in [0.2, 0.25) is 5.76 Å². The predicted octanol–water partition coefficient (Wildman–Crippen LogP) is 4.95. The van der Waals surface area contributed by atoms with E-state index in [-0.39, 0.29) is 17.1 Å². The van der Waals surface area contributed by atoms with Crippen LogP contribution >= 0.6 is 0 Å². The third kappa shape index (κ3) is 3.57. The molecule has 2 aromatic carbocycles. The second-order valence-corrected chi connectivity index (χ2v) is 8.33. The van der Waals surface area contributed by atoms with E-state index in [0.717, 1.165) is 22.3 Å². The minimum atomic E-state index is -0.588. The van der Waals surface area contributed by atoms with Crippen LogP contribution in [0, 0.1) is 13.8 Å². The first-order chi connectivity index (χ1) is 16.0. The van der Waals surface area contributed by atoms with Crippen molar-refractivity contribution in [1.29, 1.82) is 0 Å². The number of carbonyl (C=O) groups is 1. The van der Waals surface area contributed by atoms with E-state index in [9.17, 15) is 9.59 Å². The maximum atomic E-state index is 13.8. The SMILES string of the molecule is CCOc1cccc([C@H]2c3c(oc4c(C)cc(C)cc4c3=O)C(=O)N2Cc2cccnc2)c1. The molecule has 6 nitrogen and oxygen atoms in total. The number of carbonyl (C=O) groups excluding carboxylic acids is 1. The average molecular weight is 440 g/mol. The Balaban J connectivity index is 1.75. The van der Waals surface area contributed by atoms with Crippen molar-refractivity contribution in [2.75, 3.05) is 6.61 Å². The number of hydrogen-bond donors (Lipinski definition) is 0. The molecule has 0 saturated carbocycles. The quantitative estimate of drug-likeness (QED) is 0.439. The van der Waals surface area contributed by atoms with Crippen molar-refractivity contribution >= 4 is 16.9 Å². The van der Waals surface area contributed by atoms with Crippen LogP contribution in [0.2, 0.25) is 0 Å². The first-order valence-electron chi connectivity index (χ1n) is 11.0. The Labute approximate surface area is 191 Å². The number of aromatic nitrogens is 1. The Kier molecular flexibility index (Phi) is 5.21. The molecule has 0 radical (unpaired) electrons. The largest absolute Gasteiger partial charge is 0.494 e. The fraction of sp³-hybridized carbons (Fsp3) is 0.222. The molecule has 5 rings (SSSR count). The molecule has 2 aromatic heterocycles. The lowest BCUT2D eigenvalue weighted by molar-refractivity contribution is 0.0714. The van der Waals surface area contributed by atoms with Gasteiger partial charge < -0.3 is 14.1 Å². The first-order valence-corrected chi connectivity index (χ1v) is 11.0. The Morgan fingerprint density at radius 1 is 1.09 bits per heavy atom. The molecule has 1 aliphatic rings. The molecular weight excluding hydrogens is 416 g/mol. The molecule has 33 heavy (non-hydrogen) atoms. The minimum absolute atomic E-state index is 0.107. The van der Waals surface area contributed by atoms with E-state index in [1.807, 2.05) is 69.3 Å². The first kappa shape index (κ1) is 20.9. The van der Waals surface area contributed by atoms with Gasteiger partial charge in [0.1, 0.15) is 11.3 Å². The summed E-state index contributed by atoms with van der Waals surface area (Å²) in [5.41, 5.74) is 4.13. The van der Waals surface area contributed by atoms with E-state index in [1.54, 1.807) is 17.3 Å². The Hall–Kier alpha value is -3.93. The standard InChI is InChI=1S/C27H24N2O4/c1-4-32-20-9-5-8-19(13-20)23-22-24(30)21-12-16(2)11-17(3)25(21)33-26(22)27(31)29(23)15-18-7-6-10-28-14-18/h5-14,23H,4,15H2,1-3H3/t23-/m0/s1. The monoisotopic (exact) mass is 440 g/mol. The number of nitrogens with zero attached hydrogens (tertiary/aromatic N) is 2. The van der Waals surface area contributed by atoms with Gasteiger partial charge in [-0.3, -0.25) is 14.6 Å². The third-order valence-corrected chi connectivity index (χ3v) is 5.96. The van der Waals surface area contributed by atoms with Gasteiger partial charge in [0, 0.05) is 18.9 Å². The molecule has 6 heteroatoms. The van der Waals surface area contributed by atoms with Crippen LogP contribution in [-0.2, 0) is 6.54 Å². The predicted molar refractivity (Wildman–Crippen MR) is 126 cm³/mol. The Morgan fingerprint density at radius 3 is 2.70 bits per heavy atom. The molecule has 0 N–H and O–H groups in total. The molecular formula is C27H24N2O4. The average Bonchev–Trinajstić information content (AvgIpc) is 3.08. The van der Waals surface area contributed by atoms with Crippen molar-refractivity contribution in [2.24, 2.45) is 0 Å². The highest BCUT2D eigenvalue weighted by Gasteiger charge is 2.43. The van der Waals surface area contributed by atoms with Crippen LogP contribution in [0.15, 0.2) is 70.1 Å². The summed E-state index contributed by atoms with van der Waals surface area (Å²) >= 11 is 0. The number of fused-ring (bicyclic) bond motifs is 2. The van der Waals surface area contributed by atoms with E-state index in [2.05, 4.69) is 4.98 Å². The number of amides is 1. The number of benzene rings is 2. The van der Waals surface area contributed by atoms with E-state index in [1.165, 1.54) is 0 Å². The fourth-order valence-corrected chi connectivity index (χ4v) is 4.61. The Morgan fingerprint density at radius 2 is 1.94 bits per heavy atom. The maximum Gasteiger partial charge on any atom is 0.291 e. The number of hydrogen-bond acceptors (Lipinski definition) is 5. The van der Waals surface area contributed by atoms with Gasteiger partial charge in [-0.15, -0.1) is 0 Å². The van der Waals surface area contributed by atoms with Crippen LogP contribution in [0.3, 0.4) is 0 Å². The lowest BCUT2D eigenvalue weighted by atomic mass is 9.97. The van der Waals surface area contributed by atoms with Gasteiger partial charge in [-0.05, 0) is 67.3 Å². The molecule has 1 amide bonds. The second kappa shape index (κ2) is 8.20. The summed E-state index contributed by atoms with van der Waals surface area (Å²) in [5.74, 6) is 0.490. The van der Waals surface area contributed by atoms with E-state index >= 15 is 0 Å². The van der Waals surface area contributed by atoms with E-state index < -0.39 is 6.04 Å². The van der Waals surface area contributed by atoms with Gasteiger partial charge in [0.25, 0.3) is 5.91 Å². The fourth-order valence-electron chi connectivity index (χ4n) is 4.61. The molecule has 0 spiro atoms. The molecule has 0 aliphatic carbocycles. The number of ether oxygens (including phenoxy) is 1. The summed E-state index contributed by atoms with van der Waals surface area (Å²) < 4.78 is 11.8. The van der Waals surface area contributed by atoms with Crippen molar-refractivity contribution in [3.05, 3.63) is 105 Å². The van der Waals surface area contributed by atoms with E-state index in [0.29, 0.717) is 35.4 Å². The zero-order valence-electron chi connectivity index (χ0n) is 18.8. The normalized spacial score (nSPS) is 15.2. The zero-order chi connectivity index (χ0) is 23.1. The van der Waals surface area contributed by atoms with Gasteiger partial charge in [-0.2, -0.15) is 0 Å². The van der Waals surface area contributed by atoms with Crippen LogP contribution in [0.4, 0.5) is 0 Å². The summed E-state index contributed by atoms with van der Waals surface area (Å²) in [6.45, 7) is 6.58. The number of pyridine rings is 1. The zero-order valence-corrected chi connectivity index (χ0v) is 18.8. The van der Waals surface area contributed by atoms with Crippen molar-refractivity contribution in [2.45, 2.75) is 33.4 Å². The van der Waals surface area contributed by atoms with Crippen molar-refractivity contribution < 1.29 is 13.9 Å². The summed E-state index contributed by atoms with van der Waals surface area (Å²) in [7, 11) is 0. The van der Waals surface area contributed by atoms with Crippen LogP contribution in [-0.4, -0.2) is 22.4 Å². The molecule has 3 heterocycles. The minimum Gasteiger partial charge on any atom is -0.494 e. The summed E-state index contributed by atoms with van der Waals surface area (Å²) in [6.07, 6.45) is 3.42. The molecule has 0 unspecified atom stereocenters. The third-order valence-electron chi connectivity index (χ3n) is 5.96. The van der Waals surface area contributed by atoms with Gasteiger partial charge in [-0.1, -0.05) is 24.3 Å². The highest BCUT2D eigenvalue weighted by molar-refractivity contribution is 5.99. The van der Waals surface area contributed by atoms with Gasteiger partial charge in [-0.25, -0.2) is 0 Å². The van der Waals surface area contributed by atoms with Gasteiger partial charge >= 0.3 is 0 Å². The smallest absolute Gasteiger partial charge is 0.291 e. The molecule has 1 aliphatic heterocycles. The maximum absolute atomic E-state index is 13.8. The van der Waals surface area contributed by atoms with E-state index in [4.69, 9.17) is 9.15 Å². The molecule has 4 aromatic rings. The topological polar surface area (TPSA) is 72.6 Å². The van der Waals surface area contributed by atoms with Crippen LogP contribution in [0.1, 0.15) is 51.3 Å². The van der Waals surface area contributed by atoms with Crippen molar-refractivity contribution in [3.8, 4) is 5.75 Å². The van der Waals surface area contributed by atoms with Crippen LogP contribution < -0.4 is 10.2 Å². The molecule has 0 saturated heterocycles. The molecule has 166 valence electrons. The summed E-state index contributed by atoms with van der Waals surface area (Å²) in [4.78, 5) is 33.2. The van der Waals surface area contributed by atoms with Crippen LogP contribution in [0.25, 0.3) is 11.0 Å². The van der Waals surface area contributed by atoms with Crippen LogP contribution in [0.5, 0.6) is 5.75 Å². The molecule has 0 bridgehead atoms. The highest BCUT2D eigenvalue weighted by atomic mass is 16.5. The number of aryl methyl sites for hydroxylation is 2. The van der Waals surface area contributed by atoms with Crippen molar-refractivity contribution in [1.82, 2.24) is 9.88 Å². The lowest BCUT2D eigenvalue weighted by Gasteiger charge is -2.25. The van der Waals surface area contributed by atoms with Crippen molar-refractivity contribution in [3.63, 3.8) is 0 Å². The lowest BCUT2D eigenvalue weighted by Crippen LogP contribution is -2.29. The number of rotatable bonds is 5. The summed E-state index contributed by atoms with van der Waals surface area (Å²) in [5, 5.41) is 0.494. The summed E-state index contributed by atoms with van der Waals surface area (Å²) in [6, 6.07) is 14.5. The molecule has 1 atom stereocenters. The van der Waals surface area contributed by atoms with Gasteiger partial charge in [0.15, 0.2) is 5.43 Å². The molecule has 0 fully saturated rings.